The van der Waals surface area contributed by atoms with Crippen molar-refractivity contribution in [2.75, 3.05) is 6.54 Å². The van der Waals surface area contributed by atoms with Crippen molar-refractivity contribution < 1.29 is 4.79 Å². The molecular weight excluding hydrogens is 194 g/mol. The van der Waals surface area contributed by atoms with E-state index in [2.05, 4.69) is 10.2 Å². The van der Waals surface area contributed by atoms with Crippen molar-refractivity contribution in [2.24, 2.45) is 5.73 Å². The minimum Gasteiger partial charge on any atom is -0.333 e. The molecule has 1 aliphatic heterocycles. The van der Waals surface area contributed by atoms with Crippen LogP contribution in [0.5, 0.6) is 0 Å². The van der Waals surface area contributed by atoms with Crippen LogP contribution in [0.15, 0.2) is 6.33 Å². The fourth-order valence-corrected chi connectivity index (χ4v) is 1.68. The van der Waals surface area contributed by atoms with Crippen molar-refractivity contribution in [3.05, 3.63) is 12.2 Å². The smallest absolute Gasteiger partial charge is 0.224 e. The number of amides is 1. The fraction of sp³-hybridized carbons (Fsp3) is 0.667. The summed E-state index contributed by atoms with van der Waals surface area (Å²) in [5.74, 6) is 0.943. The number of carbonyl (C=O) groups is 1. The first-order chi connectivity index (χ1) is 7.16. The molecule has 1 unspecified atom stereocenters. The molecule has 1 aromatic heterocycles. The van der Waals surface area contributed by atoms with Gasteiger partial charge in [-0.1, -0.05) is 0 Å². The lowest BCUT2D eigenvalue weighted by Crippen LogP contribution is -2.40. The van der Waals surface area contributed by atoms with E-state index >= 15 is 0 Å². The summed E-state index contributed by atoms with van der Waals surface area (Å²) in [5.41, 5.74) is 5.59. The zero-order chi connectivity index (χ0) is 10.8. The molecule has 0 bridgehead atoms. The van der Waals surface area contributed by atoms with Gasteiger partial charge in [-0.15, -0.1) is 10.2 Å². The highest BCUT2D eigenvalue weighted by Crippen LogP contribution is 2.10. The number of nitrogens with two attached hydrogens (primary N) is 1. The quantitative estimate of drug-likeness (QED) is 0.702. The molecule has 6 nitrogen and oxygen atoms in total. The second-order valence-corrected chi connectivity index (χ2v) is 3.94. The molecule has 82 valence electrons. The van der Waals surface area contributed by atoms with Gasteiger partial charge in [-0.05, 0) is 6.92 Å². The van der Waals surface area contributed by atoms with Gasteiger partial charge >= 0.3 is 0 Å². The van der Waals surface area contributed by atoms with Crippen LogP contribution >= 0.6 is 0 Å². The predicted octanol–water partition coefficient (Wildman–Crippen LogP) is -0.642. The molecule has 0 radical (unpaired) electrons. The zero-order valence-electron chi connectivity index (χ0n) is 8.76. The number of rotatable bonds is 2. The number of carbonyl (C=O) groups excluding carboxylic acids is 1. The maximum atomic E-state index is 11.7. The summed E-state index contributed by atoms with van der Waals surface area (Å²) in [6, 6.07) is -0.0858. The van der Waals surface area contributed by atoms with Crippen LogP contribution in [-0.2, 0) is 17.9 Å². The van der Waals surface area contributed by atoms with Gasteiger partial charge in [0.05, 0.1) is 6.54 Å². The summed E-state index contributed by atoms with van der Waals surface area (Å²) < 4.78 is 1.97. The largest absolute Gasteiger partial charge is 0.333 e. The lowest BCUT2D eigenvalue weighted by atomic mass is 10.2. The van der Waals surface area contributed by atoms with Crippen LogP contribution in [0.4, 0.5) is 0 Å². The van der Waals surface area contributed by atoms with E-state index in [1.54, 1.807) is 11.2 Å². The summed E-state index contributed by atoms with van der Waals surface area (Å²) in [6.07, 6.45) is 2.09. The van der Waals surface area contributed by atoms with Crippen molar-refractivity contribution in [2.45, 2.75) is 32.5 Å². The minimum absolute atomic E-state index is 0.0858. The summed E-state index contributed by atoms with van der Waals surface area (Å²) in [7, 11) is 0. The summed E-state index contributed by atoms with van der Waals surface area (Å²) >= 11 is 0. The molecule has 15 heavy (non-hydrogen) atoms. The number of nitrogens with zero attached hydrogens (tertiary/aromatic N) is 4. The molecular formula is C9H15N5O. The van der Waals surface area contributed by atoms with Crippen LogP contribution in [0.2, 0.25) is 0 Å². The monoisotopic (exact) mass is 209 g/mol. The van der Waals surface area contributed by atoms with E-state index in [0.29, 0.717) is 13.0 Å². The number of hydrogen-bond donors (Lipinski definition) is 1. The molecule has 1 amide bonds. The lowest BCUT2D eigenvalue weighted by molar-refractivity contribution is -0.133. The molecule has 6 heteroatoms. The topological polar surface area (TPSA) is 77.0 Å². The number of aromatic nitrogens is 3. The Morgan fingerprint density at radius 2 is 2.47 bits per heavy atom. The number of fused-ring (bicyclic) bond motifs is 1. The Labute approximate surface area is 88.1 Å². The third-order valence-electron chi connectivity index (χ3n) is 2.49. The van der Waals surface area contributed by atoms with E-state index in [4.69, 9.17) is 5.73 Å². The average Bonchev–Trinajstić information content (AvgIpc) is 2.62. The molecule has 0 saturated carbocycles. The van der Waals surface area contributed by atoms with E-state index in [1.165, 1.54) is 0 Å². The summed E-state index contributed by atoms with van der Waals surface area (Å²) in [4.78, 5) is 13.5. The highest BCUT2D eigenvalue weighted by molar-refractivity contribution is 5.76. The standard InChI is InChI=1S/C9H15N5O/c1-7(10)4-9(15)13-2-3-14-6-11-12-8(14)5-13/h6-7H,2-5,10H2,1H3. The molecule has 1 atom stereocenters. The van der Waals surface area contributed by atoms with Crippen LogP contribution in [0.3, 0.4) is 0 Å². The van der Waals surface area contributed by atoms with Gasteiger partial charge in [-0.2, -0.15) is 0 Å². The maximum absolute atomic E-state index is 11.7. The zero-order valence-corrected chi connectivity index (χ0v) is 8.76. The van der Waals surface area contributed by atoms with Gasteiger partial charge in [0.1, 0.15) is 6.33 Å². The highest BCUT2D eigenvalue weighted by atomic mass is 16.2. The Bertz CT molecular complexity index is 359. The minimum atomic E-state index is -0.0858. The molecule has 2 heterocycles. The Balaban J connectivity index is 2.00. The van der Waals surface area contributed by atoms with Crippen LogP contribution in [0.1, 0.15) is 19.2 Å². The van der Waals surface area contributed by atoms with Crippen molar-refractivity contribution in [1.82, 2.24) is 19.7 Å². The van der Waals surface area contributed by atoms with Gasteiger partial charge in [-0.3, -0.25) is 4.79 Å². The van der Waals surface area contributed by atoms with Gasteiger partial charge in [0, 0.05) is 25.6 Å². The van der Waals surface area contributed by atoms with Gasteiger partial charge < -0.3 is 15.2 Å². The molecule has 0 aromatic carbocycles. The van der Waals surface area contributed by atoms with Crippen molar-refractivity contribution in [1.29, 1.82) is 0 Å². The Hall–Kier alpha value is -1.43. The Kier molecular flexibility index (Phi) is 2.68. The Morgan fingerprint density at radius 3 is 3.20 bits per heavy atom. The molecule has 0 aliphatic carbocycles. The lowest BCUT2D eigenvalue weighted by Gasteiger charge is -2.27. The predicted molar refractivity (Wildman–Crippen MR) is 53.7 cm³/mol. The van der Waals surface area contributed by atoms with Gasteiger partial charge in [0.15, 0.2) is 5.82 Å². The molecule has 1 aromatic rings. The van der Waals surface area contributed by atoms with Gasteiger partial charge in [-0.25, -0.2) is 0 Å². The first-order valence-electron chi connectivity index (χ1n) is 5.07. The summed E-state index contributed by atoms with van der Waals surface area (Å²) in [6.45, 7) is 3.87. The normalized spacial score (nSPS) is 17.3. The van der Waals surface area contributed by atoms with E-state index in [9.17, 15) is 4.79 Å². The van der Waals surface area contributed by atoms with Crippen LogP contribution < -0.4 is 5.73 Å². The summed E-state index contributed by atoms with van der Waals surface area (Å²) in [5, 5.41) is 7.77. The van der Waals surface area contributed by atoms with Crippen molar-refractivity contribution in [3.8, 4) is 0 Å². The molecule has 0 fully saturated rings. The van der Waals surface area contributed by atoms with Crippen molar-refractivity contribution >= 4 is 5.91 Å². The average molecular weight is 209 g/mol. The van der Waals surface area contributed by atoms with Crippen molar-refractivity contribution in [3.63, 3.8) is 0 Å². The van der Waals surface area contributed by atoms with E-state index in [1.807, 2.05) is 11.5 Å². The van der Waals surface area contributed by atoms with Gasteiger partial charge in [0.25, 0.3) is 0 Å². The third-order valence-corrected chi connectivity index (χ3v) is 2.49. The Morgan fingerprint density at radius 1 is 1.67 bits per heavy atom. The molecule has 1 aliphatic rings. The molecule has 0 saturated heterocycles. The molecule has 2 N–H and O–H groups in total. The third kappa shape index (κ3) is 2.15. The van der Waals surface area contributed by atoms with Gasteiger partial charge in [0.2, 0.25) is 5.91 Å². The second kappa shape index (κ2) is 3.98. The van der Waals surface area contributed by atoms with E-state index < -0.39 is 0 Å². The highest BCUT2D eigenvalue weighted by Gasteiger charge is 2.21. The maximum Gasteiger partial charge on any atom is 0.224 e. The van der Waals surface area contributed by atoms with Crippen LogP contribution in [0.25, 0.3) is 0 Å². The molecule has 2 rings (SSSR count). The first kappa shape index (κ1) is 10.1. The van der Waals surface area contributed by atoms with Crippen LogP contribution in [0, 0.1) is 0 Å². The second-order valence-electron chi connectivity index (χ2n) is 3.94. The van der Waals surface area contributed by atoms with E-state index in [-0.39, 0.29) is 11.9 Å². The molecule has 0 spiro atoms. The van der Waals surface area contributed by atoms with E-state index in [0.717, 1.165) is 18.9 Å². The first-order valence-corrected chi connectivity index (χ1v) is 5.07. The fourth-order valence-electron chi connectivity index (χ4n) is 1.68. The SMILES string of the molecule is CC(N)CC(=O)N1CCn2cnnc2C1. The van der Waals surface area contributed by atoms with Crippen LogP contribution in [-0.4, -0.2) is 38.2 Å². The number of hydrogen-bond acceptors (Lipinski definition) is 4.